The zero-order valence-electron chi connectivity index (χ0n) is 20.9. The Morgan fingerprint density at radius 3 is 2.50 bits per heavy atom. The van der Waals surface area contributed by atoms with Crippen LogP contribution >= 0.6 is 0 Å². The molecule has 0 atom stereocenters. The van der Waals surface area contributed by atoms with Gasteiger partial charge in [0.05, 0.1) is 16.6 Å². The Balaban J connectivity index is 1.44. The van der Waals surface area contributed by atoms with Crippen molar-refractivity contribution in [2.75, 3.05) is 43.1 Å². The van der Waals surface area contributed by atoms with E-state index in [9.17, 15) is 22.4 Å². The van der Waals surface area contributed by atoms with E-state index >= 15 is 0 Å². The number of carbonyl (C=O) groups excluding carboxylic acids is 1. The smallest absolute Gasteiger partial charge is 0.354 e. The van der Waals surface area contributed by atoms with Crippen LogP contribution in [0.15, 0.2) is 48.7 Å². The molecule has 0 aliphatic heterocycles. The molecule has 0 radical (unpaired) electrons. The lowest BCUT2D eigenvalue weighted by atomic mass is 10.1. The van der Waals surface area contributed by atoms with Crippen molar-refractivity contribution in [1.82, 2.24) is 24.6 Å². The van der Waals surface area contributed by atoms with Gasteiger partial charge < -0.3 is 20.9 Å². The first-order valence-corrected chi connectivity index (χ1v) is 11.6. The summed E-state index contributed by atoms with van der Waals surface area (Å²) in [5, 5.41) is 13.1. The van der Waals surface area contributed by atoms with Crippen LogP contribution in [0, 0.1) is 5.82 Å². The lowest BCUT2D eigenvalue weighted by molar-refractivity contribution is -0.137. The highest BCUT2D eigenvalue weighted by atomic mass is 19.4. The first-order valence-electron chi connectivity index (χ1n) is 11.6. The fourth-order valence-corrected chi connectivity index (χ4v) is 3.73. The lowest BCUT2D eigenvalue weighted by Crippen LogP contribution is -2.20. The van der Waals surface area contributed by atoms with Crippen LogP contribution in [0.25, 0.3) is 22.3 Å². The van der Waals surface area contributed by atoms with Gasteiger partial charge in [-0.2, -0.15) is 23.3 Å². The summed E-state index contributed by atoms with van der Waals surface area (Å²) in [5.41, 5.74) is 0.719. The monoisotopic (exact) mass is 530 g/mol. The number of benzene rings is 2. The summed E-state index contributed by atoms with van der Waals surface area (Å²) in [7, 11) is 5.81. The summed E-state index contributed by atoms with van der Waals surface area (Å²) in [5.74, 6) is -0.478. The molecule has 38 heavy (non-hydrogen) atoms. The van der Waals surface area contributed by atoms with Gasteiger partial charge in [0.15, 0.2) is 5.65 Å². The molecule has 200 valence electrons. The number of carbonyl (C=O) groups is 1. The van der Waals surface area contributed by atoms with Crippen LogP contribution < -0.4 is 16.0 Å². The number of alkyl halides is 3. The van der Waals surface area contributed by atoms with Crippen molar-refractivity contribution < 1.29 is 22.4 Å². The lowest BCUT2D eigenvalue weighted by Gasteiger charge is -2.12. The van der Waals surface area contributed by atoms with E-state index in [4.69, 9.17) is 0 Å². The van der Waals surface area contributed by atoms with E-state index in [1.165, 1.54) is 0 Å². The third-order valence-corrected chi connectivity index (χ3v) is 5.60. The number of amides is 2. The van der Waals surface area contributed by atoms with Crippen molar-refractivity contribution in [3.8, 4) is 11.3 Å². The SMILES string of the molecule is CN(C)CCCNc1ncc2c(-c3ccc(NC(=O)Nc4cc(C(F)(F)F)ccc4F)cc3)nn(C)c2n1. The summed E-state index contributed by atoms with van der Waals surface area (Å²) >= 11 is 0. The van der Waals surface area contributed by atoms with Gasteiger partial charge in [-0.1, -0.05) is 12.1 Å². The number of aromatic nitrogens is 4. The molecule has 0 aliphatic rings. The molecular weight excluding hydrogens is 504 g/mol. The van der Waals surface area contributed by atoms with Gasteiger partial charge in [0.1, 0.15) is 11.5 Å². The molecule has 0 unspecified atom stereocenters. The maximum atomic E-state index is 13.9. The molecule has 0 fully saturated rings. The fraction of sp³-hybridized carbons (Fsp3) is 0.280. The van der Waals surface area contributed by atoms with Crippen molar-refractivity contribution in [3.63, 3.8) is 0 Å². The molecule has 2 amide bonds. The average molecular weight is 531 g/mol. The van der Waals surface area contributed by atoms with Gasteiger partial charge >= 0.3 is 12.2 Å². The molecule has 0 saturated heterocycles. The number of nitrogens with zero attached hydrogens (tertiary/aromatic N) is 5. The standard InChI is InChI=1S/C25H26F4N8O/c1-36(2)12-4-11-30-23-31-14-18-21(35-37(3)22(18)34-23)15-5-8-17(9-6-15)32-24(38)33-20-13-16(25(27,28)29)7-10-19(20)26/h5-10,13-14H,4,11-12H2,1-3H3,(H,30,31,34)(H2,32,33,38). The minimum Gasteiger partial charge on any atom is -0.354 e. The van der Waals surface area contributed by atoms with Gasteiger partial charge in [0.2, 0.25) is 5.95 Å². The van der Waals surface area contributed by atoms with Crippen LogP contribution in [-0.2, 0) is 13.2 Å². The van der Waals surface area contributed by atoms with Crippen molar-refractivity contribution in [1.29, 1.82) is 0 Å². The summed E-state index contributed by atoms with van der Waals surface area (Å²) < 4.78 is 54.3. The Labute approximate surface area is 215 Å². The van der Waals surface area contributed by atoms with Gasteiger partial charge in [0.25, 0.3) is 0 Å². The van der Waals surface area contributed by atoms with Gasteiger partial charge in [-0.15, -0.1) is 0 Å². The third kappa shape index (κ3) is 6.35. The second-order valence-corrected chi connectivity index (χ2v) is 8.84. The molecule has 0 aliphatic carbocycles. The van der Waals surface area contributed by atoms with E-state index in [1.807, 2.05) is 14.1 Å². The molecule has 4 aromatic rings. The molecule has 13 heteroatoms. The molecule has 4 rings (SSSR count). The van der Waals surface area contributed by atoms with Crippen LogP contribution in [-0.4, -0.2) is 57.9 Å². The van der Waals surface area contributed by atoms with E-state index in [2.05, 4.69) is 35.9 Å². The summed E-state index contributed by atoms with van der Waals surface area (Å²) in [4.78, 5) is 23.3. The number of hydrogen-bond donors (Lipinski definition) is 3. The quantitative estimate of drug-likeness (QED) is 0.214. The highest BCUT2D eigenvalue weighted by molar-refractivity contribution is 6.00. The number of aryl methyl sites for hydroxylation is 1. The van der Waals surface area contributed by atoms with E-state index in [-0.39, 0.29) is 0 Å². The van der Waals surface area contributed by atoms with Crippen molar-refractivity contribution in [2.45, 2.75) is 12.6 Å². The van der Waals surface area contributed by atoms with Gasteiger partial charge in [-0.3, -0.25) is 0 Å². The number of nitrogens with one attached hydrogen (secondary N) is 3. The summed E-state index contributed by atoms with van der Waals surface area (Å²) in [6.07, 6.45) is -2.03. The van der Waals surface area contributed by atoms with E-state index in [0.29, 0.717) is 41.2 Å². The summed E-state index contributed by atoms with van der Waals surface area (Å²) in [6.45, 7) is 1.68. The fourth-order valence-electron chi connectivity index (χ4n) is 3.73. The van der Waals surface area contributed by atoms with E-state index < -0.39 is 29.3 Å². The molecule has 2 heterocycles. The Bertz CT molecular complexity index is 1430. The van der Waals surface area contributed by atoms with E-state index in [1.54, 1.807) is 42.2 Å². The Hall–Kier alpha value is -4.26. The third-order valence-electron chi connectivity index (χ3n) is 5.60. The molecule has 9 nitrogen and oxygen atoms in total. The number of rotatable bonds is 8. The van der Waals surface area contributed by atoms with E-state index in [0.717, 1.165) is 30.5 Å². The number of halogens is 4. The number of hydrogen-bond acceptors (Lipinski definition) is 6. The van der Waals surface area contributed by atoms with Crippen LogP contribution in [0.5, 0.6) is 0 Å². The molecule has 0 spiro atoms. The van der Waals surface area contributed by atoms with Gasteiger partial charge in [0, 0.05) is 31.0 Å². The zero-order chi connectivity index (χ0) is 27.4. The predicted octanol–water partition coefficient (Wildman–Crippen LogP) is 5.20. The normalized spacial score (nSPS) is 11.7. The minimum atomic E-state index is -4.67. The molecule has 2 aromatic heterocycles. The second kappa shape index (κ2) is 11.0. The largest absolute Gasteiger partial charge is 0.416 e. The zero-order valence-corrected chi connectivity index (χ0v) is 20.9. The molecule has 2 aromatic carbocycles. The van der Waals surface area contributed by atoms with Crippen molar-refractivity contribution in [3.05, 3.63) is 60.0 Å². The van der Waals surface area contributed by atoms with Gasteiger partial charge in [-0.25, -0.2) is 18.9 Å². The minimum absolute atomic E-state index is 0.347. The maximum absolute atomic E-state index is 13.9. The Kier molecular flexibility index (Phi) is 7.76. The van der Waals surface area contributed by atoms with Crippen molar-refractivity contribution in [2.24, 2.45) is 7.05 Å². The second-order valence-electron chi connectivity index (χ2n) is 8.84. The van der Waals surface area contributed by atoms with Crippen LogP contribution in [0.3, 0.4) is 0 Å². The van der Waals surface area contributed by atoms with Crippen LogP contribution in [0.2, 0.25) is 0 Å². The van der Waals surface area contributed by atoms with Crippen LogP contribution in [0.4, 0.5) is 39.7 Å². The Morgan fingerprint density at radius 2 is 1.82 bits per heavy atom. The van der Waals surface area contributed by atoms with Crippen molar-refractivity contribution >= 4 is 34.4 Å². The number of fused-ring (bicyclic) bond motifs is 1. The topological polar surface area (TPSA) is 100 Å². The first-order chi connectivity index (χ1) is 18.0. The molecule has 0 bridgehead atoms. The molecule has 0 saturated carbocycles. The number of anilines is 3. The molecule has 3 N–H and O–H groups in total. The maximum Gasteiger partial charge on any atom is 0.416 e. The average Bonchev–Trinajstić information content (AvgIpc) is 3.18. The van der Waals surface area contributed by atoms with Gasteiger partial charge in [-0.05, 0) is 57.4 Å². The molecular formula is C25H26F4N8O. The highest BCUT2D eigenvalue weighted by Gasteiger charge is 2.31. The Morgan fingerprint density at radius 1 is 1.08 bits per heavy atom. The summed E-state index contributed by atoms with van der Waals surface area (Å²) in [6, 6.07) is 7.53. The van der Waals surface area contributed by atoms with Crippen LogP contribution in [0.1, 0.15) is 12.0 Å². The predicted molar refractivity (Wildman–Crippen MR) is 137 cm³/mol. The first kappa shape index (κ1) is 26.8. The highest BCUT2D eigenvalue weighted by Crippen LogP contribution is 2.32. The number of urea groups is 1.